The first-order chi connectivity index (χ1) is 19.4. The Morgan fingerprint density at radius 3 is 1.20 bits per heavy atom. The van der Waals surface area contributed by atoms with Crippen LogP contribution in [-0.2, 0) is 8.99 Å². The van der Waals surface area contributed by atoms with Crippen LogP contribution >= 0.6 is 23.2 Å². The van der Waals surface area contributed by atoms with Crippen LogP contribution in [0.1, 0.15) is 72.2 Å². The Morgan fingerprint density at radius 1 is 0.463 bits per heavy atom. The predicted molar refractivity (Wildman–Crippen MR) is 180 cm³/mol. The van der Waals surface area contributed by atoms with E-state index in [9.17, 15) is 0 Å². The SMILES string of the molecule is CC1=C(C)C(Cl)([Si]C2(Cl)C(C)=C(C)c3c(-c4cccc(C)c4C)cccc32)c2cccc(-c3cccc(C)c3C)c21. The lowest BCUT2D eigenvalue weighted by Crippen LogP contribution is -2.40. The predicted octanol–water partition coefficient (Wildman–Crippen LogP) is 11.1. The Labute approximate surface area is 258 Å². The molecule has 0 saturated heterocycles. The highest BCUT2D eigenvalue weighted by Gasteiger charge is 2.52. The van der Waals surface area contributed by atoms with E-state index in [0.29, 0.717) is 0 Å². The van der Waals surface area contributed by atoms with E-state index in [0.717, 1.165) is 0 Å². The first-order valence-corrected chi connectivity index (χ1v) is 16.1. The zero-order valence-corrected chi connectivity index (χ0v) is 27.7. The van der Waals surface area contributed by atoms with E-state index in [-0.39, 0.29) is 9.52 Å². The number of hydrogen-bond donors (Lipinski definition) is 0. The maximum absolute atomic E-state index is 7.88. The maximum atomic E-state index is 7.88. The van der Waals surface area contributed by atoms with E-state index < -0.39 is 8.99 Å². The highest BCUT2D eigenvalue weighted by molar-refractivity contribution is 6.70. The summed E-state index contributed by atoms with van der Waals surface area (Å²) in [4.78, 5) is 0. The number of rotatable bonds is 4. The lowest BCUT2D eigenvalue weighted by molar-refractivity contribution is 0.925. The van der Waals surface area contributed by atoms with Crippen molar-refractivity contribution in [3.63, 3.8) is 0 Å². The fraction of sp³-hybridized carbons (Fsp3) is 0.263. The number of aryl methyl sites for hydroxylation is 2. The molecular formula is C38H36Cl2Si. The molecule has 0 amide bonds. The van der Waals surface area contributed by atoms with E-state index in [1.54, 1.807) is 0 Å². The Hall–Kier alpha value is -2.84. The molecule has 6 rings (SSSR count). The monoisotopic (exact) mass is 590 g/mol. The van der Waals surface area contributed by atoms with Crippen molar-refractivity contribution >= 4 is 43.9 Å². The summed E-state index contributed by atoms with van der Waals surface area (Å²) in [5.74, 6) is 0. The largest absolute Gasteiger partial charge is 0.118 e. The topological polar surface area (TPSA) is 0 Å². The summed E-state index contributed by atoms with van der Waals surface area (Å²) < 4.78 is -1.37. The van der Waals surface area contributed by atoms with Crippen molar-refractivity contribution in [2.24, 2.45) is 0 Å². The molecule has 2 atom stereocenters. The summed E-state index contributed by atoms with van der Waals surface area (Å²) >= 11 is 15.8. The summed E-state index contributed by atoms with van der Waals surface area (Å²) in [7, 11) is 0.225. The Kier molecular flexibility index (Phi) is 6.81. The second kappa shape index (κ2) is 9.87. The average molecular weight is 592 g/mol. The summed E-state index contributed by atoms with van der Waals surface area (Å²) in [5.41, 5.74) is 20.1. The number of alkyl halides is 2. The van der Waals surface area contributed by atoms with Crippen LogP contribution in [0.25, 0.3) is 33.4 Å². The highest BCUT2D eigenvalue weighted by Crippen LogP contribution is 2.58. The van der Waals surface area contributed by atoms with Gasteiger partial charge in [0.05, 0.1) is 8.99 Å². The highest BCUT2D eigenvalue weighted by atomic mass is 35.5. The van der Waals surface area contributed by atoms with Gasteiger partial charge in [-0.15, -0.1) is 23.2 Å². The molecule has 3 heteroatoms. The molecule has 0 aromatic heterocycles. The summed E-state index contributed by atoms with van der Waals surface area (Å²) in [6.07, 6.45) is 0. The Bertz CT molecular complexity index is 1690. The molecule has 0 heterocycles. The fourth-order valence-electron chi connectivity index (χ4n) is 6.88. The zero-order valence-electron chi connectivity index (χ0n) is 25.2. The standard InChI is InChI=1S/C38H36Cl2Si/c1-21-13-9-15-29(23(21)3)31-17-11-19-33-35(31)25(5)27(7)37(33,39)41-38(40)28(8)26(6)36-32(18-12-20-34(36)38)30-16-10-14-22(2)24(30)4/h9-20H,1-8H3. The molecule has 2 unspecified atom stereocenters. The van der Waals surface area contributed by atoms with E-state index >= 15 is 0 Å². The molecular weight excluding hydrogens is 555 g/mol. The van der Waals surface area contributed by atoms with Gasteiger partial charge in [0.2, 0.25) is 0 Å². The average Bonchev–Trinajstić information content (AvgIpc) is 3.27. The van der Waals surface area contributed by atoms with Crippen molar-refractivity contribution in [2.45, 2.75) is 64.4 Å². The van der Waals surface area contributed by atoms with Crippen LogP contribution in [0.5, 0.6) is 0 Å². The number of benzene rings is 4. The number of halogens is 2. The lowest BCUT2D eigenvalue weighted by atomic mass is 9.90. The summed E-state index contributed by atoms with van der Waals surface area (Å²) in [6.45, 7) is 17.7. The van der Waals surface area contributed by atoms with Gasteiger partial charge in [-0.05, 0) is 144 Å². The van der Waals surface area contributed by atoms with Crippen molar-refractivity contribution in [1.82, 2.24) is 0 Å². The molecule has 2 aliphatic carbocycles. The molecule has 0 fully saturated rings. The minimum Gasteiger partial charge on any atom is -0.114 e. The minimum atomic E-state index is -0.687. The second-order valence-electron chi connectivity index (χ2n) is 11.9. The smallest absolute Gasteiger partial charge is 0.114 e. The third kappa shape index (κ3) is 4.00. The van der Waals surface area contributed by atoms with Crippen LogP contribution in [0.4, 0.5) is 0 Å². The van der Waals surface area contributed by atoms with Crippen molar-refractivity contribution in [3.05, 3.63) is 128 Å². The Balaban J connectivity index is 1.52. The molecule has 41 heavy (non-hydrogen) atoms. The summed E-state index contributed by atoms with van der Waals surface area (Å²) in [6, 6.07) is 26.4. The first-order valence-electron chi connectivity index (χ1n) is 14.4. The molecule has 2 radical (unpaired) electrons. The van der Waals surface area contributed by atoms with Crippen LogP contribution in [-0.4, -0.2) is 9.52 Å². The quantitative estimate of drug-likeness (QED) is 0.164. The Morgan fingerprint density at radius 2 is 0.805 bits per heavy atom. The van der Waals surface area contributed by atoms with Gasteiger partial charge in [0.15, 0.2) is 0 Å². The molecule has 4 aromatic carbocycles. The fourth-order valence-corrected chi connectivity index (χ4v) is 10.4. The molecule has 0 N–H and O–H groups in total. The van der Waals surface area contributed by atoms with Crippen molar-refractivity contribution in [1.29, 1.82) is 0 Å². The summed E-state index contributed by atoms with van der Waals surface area (Å²) in [5, 5.41) is 0. The van der Waals surface area contributed by atoms with Gasteiger partial charge in [0.1, 0.15) is 9.52 Å². The third-order valence-electron chi connectivity index (χ3n) is 9.91. The molecule has 4 aromatic rings. The van der Waals surface area contributed by atoms with Crippen LogP contribution in [0.3, 0.4) is 0 Å². The molecule has 0 saturated carbocycles. The number of hydrogen-bond acceptors (Lipinski definition) is 0. The first kappa shape index (κ1) is 28.3. The van der Waals surface area contributed by atoms with Gasteiger partial charge < -0.3 is 0 Å². The number of allylic oxidation sites excluding steroid dienone is 4. The maximum Gasteiger partial charge on any atom is 0.118 e. The third-order valence-corrected chi connectivity index (χ3v) is 13.4. The van der Waals surface area contributed by atoms with Gasteiger partial charge in [0, 0.05) is 0 Å². The van der Waals surface area contributed by atoms with E-state index in [4.69, 9.17) is 23.2 Å². The van der Waals surface area contributed by atoms with E-state index in [1.165, 1.54) is 89.1 Å². The molecule has 0 aliphatic heterocycles. The van der Waals surface area contributed by atoms with Crippen LogP contribution < -0.4 is 0 Å². The van der Waals surface area contributed by atoms with E-state index in [1.807, 2.05) is 0 Å². The lowest BCUT2D eigenvalue weighted by Gasteiger charge is -2.35. The van der Waals surface area contributed by atoms with Gasteiger partial charge in [-0.2, -0.15) is 0 Å². The van der Waals surface area contributed by atoms with Crippen molar-refractivity contribution < 1.29 is 0 Å². The van der Waals surface area contributed by atoms with E-state index in [2.05, 4.69) is 128 Å². The van der Waals surface area contributed by atoms with Gasteiger partial charge >= 0.3 is 0 Å². The molecule has 0 spiro atoms. The van der Waals surface area contributed by atoms with Crippen LogP contribution in [0.15, 0.2) is 83.9 Å². The van der Waals surface area contributed by atoms with Crippen LogP contribution in [0, 0.1) is 27.7 Å². The van der Waals surface area contributed by atoms with Crippen LogP contribution in [0.2, 0.25) is 0 Å². The van der Waals surface area contributed by atoms with Gasteiger partial charge in [-0.1, -0.05) is 72.8 Å². The zero-order chi connectivity index (χ0) is 29.4. The van der Waals surface area contributed by atoms with Crippen molar-refractivity contribution in [2.75, 3.05) is 0 Å². The number of fused-ring (bicyclic) bond motifs is 2. The minimum absolute atomic E-state index is 0.225. The second-order valence-corrected chi connectivity index (χ2v) is 15.4. The molecule has 206 valence electrons. The van der Waals surface area contributed by atoms with Gasteiger partial charge in [-0.3, -0.25) is 0 Å². The normalized spacial score (nSPS) is 21.5. The molecule has 0 nitrogen and oxygen atoms in total. The van der Waals surface area contributed by atoms with Crippen molar-refractivity contribution in [3.8, 4) is 22.3 Å². The van der Waals surface area contributed by atoms with Gasteiger partial charge in [-0.25, -0.2) is 0 Å². The molecule has 2 aliphatic rings. The van der Waals surface area contributed by atoms with Gasteiger partial charge in [0.25, 0.3) is 0 Å². The molecule has 0 bridgehead atoms.